The summed E-state index contributed by atoms with van der Waals surface area (Å²) in [5.74, 6) is 2.16. The number of aryl methyl sites for hydroxylation is 1. The van der Waals surface area contributed by atoms with Gasteiger partial charge in [-0.3, -0.25) is 0 Å². The zero-order chi connectivity index (χ0) is 13.9. The van der Waals surface area contributed by atoms with Gasteiger partial charge in [0.1, 0.15) is 0 Å². The largest absolute Gasteiger partial charge is 0.319 e. The molecule has 0 radical (unpaired) electrons. The molecule has 0 aliphatic heterocycles. The van der Waals surface area contributed by atoms with Crippen LogP contribution in [0.4, 0.5) is 0 Å². The average Bonchev–Trinajstić information content (AvgIpc) is 3.26. The van der Waals surface area contributed by atoms with Crippen LogP contribution in [0.1, 0.15) is 34.9 Å². The SMILES string of the molecule is CNCC(c1cccc(C)c1)C1CC1c1ccccc1. The minimum atomic E-state index is 0.630. The Balaban J connectivity index is 1.80. The molecule has 0 bridgehead atoms. The molecule has 0 saturated heterocycles. The molecule has 2 aromatic rings. The predicted molar refractivity (Wildman–Crippen MR) is 85.1 cm³/mol. The Morgan fingerprint density at radius 1 is 1.10 bits per heavy atom. The molecule has 0 heterocycles. The van der Waals surface area contributed by atoms with Gasteiger partial charge in [-0.15, -0.1) is 0 Å². The topological polar surface area (TPSA) is 12.0 Å². The number of nitrogens with one attached hydrogen (secondary N) is 1. The number of hydrogen-bond donors (Lipinski definition) is 1. The normalized spacial score (nSPS) is 22.5. The van der Waals surface area contributed by atoms with E-state index in [1.54, 1.807) is 0 Å². The molecule has 20 heavy (non-hydrogen) atoms. The summed E-state index contributed by atoms with van der Waals surface area (Å²) in [6.45, 7) is 3.25. The third-order valence-corrected chi connectivity index (χ3v) is 4.48. The molecule has 1 saturated carbocycles. The van der Waals surface area contributed by atoms with Crippen molar-refractivity contribution in [3.63, 3.8) is 0 Å². The van der Waals surface area contributed by atoms with Crippen LogP contribution in [0, 0.1) is 12.8 Å². The van der Waals surface area contributed by atoms with Gasteiger partial charge in [0.15, 0.2) is 0 Å². The highest BCUT2D eigenvalue weighted by Crippen LogP contribution is 2.54. The van der Waals surface area contributed by atoms with Crippen molar-refractivity contribution in [3.8, 4) is 0 Å². The number of hydrogen-bond acceptors (Lipinski definition) is 1. The summed E-state index contributed by atoms with van der Waals surface area (Å²) in [6, 6.07) is 20.0. The lowest BCUT2D eigenvalue weighted by molar-refractivity contribution is 0.555. The molecule has 0 amide bonds. The van der Waals surface area contributed by atoms with Crippen molar-refractivity contribution in [1.82, 2.24) is 5.32 Å². The number of likely N-dealkylation sites (N-methyl/N-ethyl adjacent to an activating group) is 1. The van der Waals surface area contributed by atoms with Crippen molar-refractivity contribution in [2.45, 2.75) is 25.2 Å². The Kier molecular flexibility index (Phi) is 3.88. The Morgan fingerprint density at radius 3 is 2.60 bits per heavy atom. The van der Waals surface area contributed by atoms with Gasteiger partial charge in [0.05, 0.1) is 0 Å². The van der Waals surface area contributed by atoms with E-state index < -0.39 is 0 Å². The Labute approximate surface area is 122 Å². The number of rotatable bonds is 5. The fourth-order valence-corrected chi connectivity index (χ4v) is 3.38. The molecular weight excluding hydrogens is 242 g/mol. The van der Waals surface area contributed by atoms with Gasteiger partial charge >= 0.3 is 0 Å². The highest BCUT2D eigenvalue weighted by Gasteiger charge is 2.43. The lowest BCUT2D eigenvalue weighted by Gasteiger charge is -2.18. The van der Waals surface area contributed by atoms with E-state index in [1.165, 1.54) is 23.1 Å². The molecular formula is C19H23N. The molecule has 3 rings (SSSR count). The smallest absolute Gasteiger partial charge is 0.00200 e. The van der Waals surface area contributed by atoms with Gasteiger partial charge in [-0.1, -0.05) is 60.2 Å². The van der Waals surface area contributed by atoms with Crippen LogP contribution in [0.2, 0.25) is 0 Å². The second kappa shape index (κ2) is 5.80. The first kappa shape index (κ1) is 13.4. The van der Waals surface area contributed by atoms with E-state index in [-0.39, 0.29) is 0 Å². The monoisotopic (exact) mass is 265 g/mol. The summed E-state index contributed by atoms with van der Waals surface area (Å²) in [7, 11) is 2.06. The minimum absolute atomic E-state index is 0.630. The molecule has 1 aliphatic carbocycles. The molecule has 1 N–H and O–H groups in total. The lowest BCUT2D eigenvalue weighted by atomic mass is 9.90. The summed E-state index contributed by atoms with van der Waals surface area (Å²) in [4.78, 5) is 0. The van der Waals surface area contributed by atoms with Crippen LogP contribution in [-0.2, 0) is 0 Å². The minimum Gasteiger partial charge on any atom is -0.319 e. The molecule has 0 spiro atoms. The highest BCUT2D eigenvalue weighted by atomic mass is 14.8. The van der Waals surface area contributed by atoms with E-state index in [0.717, 1.165) is 18.4 Å². The van der Waals surface area contributed by atoms with Gasteiger partial charge in [-0.05, 0) is 49.3 Å². The standard InChI is InChI=1S/C19H23N/c1-14-7-6-10-16(11-14)19(13-20-2)18-12-17(18)15-8-4-3-5-9-15/h3-11,17-20H,12-13H2,1-2H3. The molecule has 1 nitrogen and oxygen atoms in total. The first-order valence-electron chi connectivity index (χ1n) is 7.55. The summed E-state index contributed by atoms with van der Waals surface area (Å²) < 4.78 is 0. The van der Waals surface area contributed by atoms with E-state index in [1.807, 2.05) is 0 Å². The summed E-state index contributed by atoms with van der Waals surface area (Å²) in [6.07, 6.45) is 1.32. The molecule has 1 aliphatic rings. The van der Waals surface area contributed by atoms with Crippen molar-refractivity contribution in [2.75, 3.05) is 13.6 Å². The fraction of sp³-hybridized carbons (Fsp3) is 0.368. The van der Waals surface area contributed by atoms with E-state index in [9.17, 15) is 0 Å². The van der Waals surface area contributed by atoms with Crippen LogP contribution in [0.15, 0.2) is 54.6 Å². The van der Waals surface area contributed by atoms with Crippen LogP contribution < -0.4 is 5.32 Å². The van der Waals surface area contributed by atoms with Crippen molar-refractivity contribution in [2.24, 2.45) is 5.92 Å². The second-order valence-corrected chi connectivity index (χ2v) is 6.00. The average molecular weight is 265 g/mol. The maximum atomic E-state index is 3.38. The zero-order valence-electron chi connectivity index (χ0n) is 12.3. The molecule has 104 valence electrons. The third-order valence-electron chi connectivity index (χ3n) is 4.48. The molecule has 1 heteroatoms. The van der Waals surface area contributed by atoms with Crippen molar-refractivity contribution >= 4 is 0 Å². The van der Waals surface area contributed by atoms with E-state index >= 15 is 0 Å². The zero-order valence-corrected chi connectivity index (χ0v) is 12.3. The lowest BCUT2D eigenvalue weighted by Crippen LogP contribution is -2.19. The van der Waals surface area contributed by atoms with Crippen LogP contribution in [0.25, 0.3) is 0 Å². The molecule has 1 fully saturated rings. The van der Waals surface area contributed by atoms with E-state index in [0.29, 0.717) is 5.92 Å². The Bertz CT molecular complexity index is 561. The predicted octanol–water partition coefficient (Wildman–Crippen LogP) is 4.10. The van der Waals surface area contributed by atoms with Crippen molar-refractivity contribution < 1.29 is 0 Å². The van der Waals surface area contributed by atoms with Crippen LogP contribution >= 0.6 is 0 Å². The van der Waals surface area contributed by atoms with E-state index in [4.69, 9.17) is 0 Å². The molecule has 3 atom stereocenters. The van der Waals surface area contributed by atoms with Gasteiger partial charge in [-0.2, -0.15) is 0 Å². The number of benzene rings is 2. The van der Waals surface area contributed by atoms with Crippen LogP contribution in [0.5, 0.6) is 0 Å². The highest BCUT2D eigenvalue weighted by molar-refractivity contribution is 5.33. The molecule has 0 aromatic heterocycles. The van der Waals surface area contributed by atoms with Gasteiger partial charge in [0, 0.05) is 6.54 Å². The van der Waals surface area contributed by atoms with E-state index in [2.05, 4.69) is 73.9 Å². The Morgan fingerprint density at radius 2 is 1.90 bits per heavy atom. The quantitative estimate of drug-likeness (QED) is 0.858. The summed E-state index contributed by atoms with van der Waals surface area (Å²) in [5.41, 5.74) is 4.36. The Hall–Kier alpha value is -1.60. The summed E-state index contributed by atoms with van der Waals surface area (Å²) in [5, 5.41) is 3.38. The van der Waals surface area contributed by atoms with Crippen molar-refractivity contribution in [3.05, 3.63) is 71.3 Å². The fourth-order valence-electron chi connectivity index (χ4n) is 3.38. The first-order valence-corrected chi connectivity index (χ1v) is 7.55. The van der Waals surface area contributed by atoms with Gasteiger partial charge in [-0.25, -0.2) is 0 Å². The van der Waals surface area contributed by atoms with Gasteiger partial charge in [0.25, 0.3) is 0 Å². The third kappa shape index (κ3) is 2.78. The van der Waals surface area contributed by atoms with Gasteiger partial charge in [0.2, 0.25) is 0 Å². The van der Waals surface area contributed by atoms with Gasteiger partial charge < -0.3 is 5.32 Å². The maximum absolute atomic E-state index is 3.38. The maximum Gasteiger partial charge on any atom is 0.00200 e. The second-order valence-electron chi connectivity index (χ2n) is 6.00. The molecule has 3 unspecified atom stereocenters. The summed E-state index contributed by atoms with van der Waals surface area (Å²) >= 11 is 0. The van der Waals surface area contributed by atoms with Crippen molar-refractivity contribution in [1.29, 1.82) is 0 Å². The molecule has 2 aromatic carbocycles. The van der Waals surface area contributed by atoms with Crippen LogP contribution in [0.3, 0.4) is 0 Å². The van der Waals surface area contributed by atoms with Crippen LogP contribution in [-0.4, -0.2) is 13.6 Å². The first-order chi connectivity index (χ1) is 9.79.